The second-order valence-electron chi connectivity index (χ2n) is 4.91. The molecule has 2 aromatic carbocycles. The van der Waals surface area contributed by atoms with E-state index < -0.39 is 0 Å². The van der Waals surface area contributed by atoms with Crippen molar-refractivity contribution in [1.29, 1.82) is 0 Å². The zero-order valence-electron chi connectivity index (χ0n) is 12.7. The van der Waals surface area contributed by atoms with Crippen LogP contribution in [0.2, 0.25) is 10.0 Å². The van der Waals surface area contributed by atoms with Gasteiger partial charge in [0, 0.05) is 29.8 Å². The number of likely N-dealkylation sites (N-methyl/N-ethyl adjacent to an activating group) is 1. The molecular weight excluding hydrogens is 335 g/mol. The molecule has 0 aromatic heterocycles. The Bertz CT molecular complexity index is 697. The molecule has 2 rings (SSSR count). The van der Waals surface area contributed by atoms with Crippen LogP contribution < -0.4 is 10.7 Å². The van der Waals surface area contributed by atoms with Gasteiger partial charge in [-0.3, -0.25) is 10.2 Å². The predicted octanol–water partition coefficient (Wildman–Crippen LogP) is 3.92. The minimum absolute atomic E-state index is 0.231. The van der Waals surface area contributed by atoms with Gasteiger partial charge in [0.05, 0.1) is 5.69 Å². The van der Waals surface area contributed by atoms with Crippen LogP contribution in [0.3, 0.4) is 0 Å². The third-order valence-corrected chi connectivity index (χ3v) is 3.37. The number of amides is 1. The third kappa shape index (κ3) is 5.16. The highest BCUT2D eigenvalue weighted by Gasteiger charge is 2.14. The van der Waals surface area contributed by atoms with Crippen LogP contribution in [0.4, 0.5) is 11.4 Å². The highest BCUT2D eigenvalue weighted by molar-refractivity contribution is 6.42. The molecule has 0 saturated heterocycles. The Morgan fingerprint density at radius 3 is 1.87 bits per heavy atom. The number of nitrogens with one attached hydrogen (secondary N) is 2. The summed E-state index contributed by atoms with van der Waals surface area (Å²) in [6, 6.07) is 13.9. The number of carbonyl (C=O) groups is 1. The molecule has 23 heavy (non-hydrogen) atoms. The number of amidine groups is 1. The summed E-state index contributed by atoms with van der Waals surface area (Å²) in [4.78, 5) is 14.0. The molecule has 0 heterocycles. The quantitative estimate of drug-likeness (QED) is 0.501. The maximum atomic E-state index is 12.3. The first kappa shape index (κ1) is 17.1. The molecule has 2 aromatic rings. The Morgan fingerprint density at radius 2 is 1.39 bits per heavy atom. The second kappa shape index (κ2) is 7.85. The van der Waals surface area contributed by atoms with Gasteiger partial charge in [0.2, 0.25) is 5.84 Å². The van der Waals surface area contributed by atoms with Crippen molar-refractivity contribution >= 4 is 46.3 Å². The van der Waals surface area contributed by atoms with E-state index in [-0.39, 0.29) is 11.7 Å². The molecule has 0 radical (unpaired) electrons. The number of carbonyl (C=O) groups excluding carboxylic acids is 1. The van der Waals surface area contributed by atoms with E-state index in [1.807, 2.05) is 0 Å². The lowest BCUT2D eigenvalue weighted by molar-refractivity contribution is -0.110. The smallest absolute Gasteiger partial charge is 0.293 e. The standard InChI is InChI=1S/C16H16Cl2N4O/c1-22(2)15(21-20-14-9-5-12(18)6-10-14)16(23)19-13-7-3-11(17)4-8-13/h3-10,20H,1-2H3,(H,19,23)/b21-15-. The lowest BCUT2D eigenvalue weighted by Crippen LogP contribution is -2.35. The average Bonchev–Trinajstić information content (AvgIpc) is 2.51. The summed E-state index contributed by atoms with van der Waals surface area (Å²) in [5.41, 5.74) is 4.20. The van der Waals surface area contributed by atoms with Crippen molar-refractivity contribution in [2.24, 2.45) is 5.10 Å². The van der Waals surface area contributed by atoms with Gasteiger partial charge in [0.15, 0.2) is 0 Å². The lowest BCUT2D eigenvalue weighted by Gasteiger charge is -2.15. The summed E-state index contributed by atoms with van der Waals surface area (Å²) in [5.74, 6) is -0.103. The Balaban J connectivity index is 2.10. The summed E-state index contributed by atoms with van der Waals surface area (Å²) in [7, 11) is 3.48. The number of halogens is 2. The molecule has 0 aliphatic rings. The summed E-state index contributed by atoms with van der Waals surface area (Å²) >= 11 is 11.7. The van der Waals surface area contributed by atoms with Crippen LogP contribution in [0, 0.1) is 0 Å². The number of hydrogen-bond acceptors (Lipinski definition) is 3. The molecule has 5 nitrogen and oxygen atoms in total. The van der Waals surface area contributed by atoms with E-state index in [9.17, 15) is 4.79 Å². The first-order valence-electron chi connectivity index (χ1n) is 6.79. The predicted molar refractivity (Wildman–Crippen MR) is 96.3 cm³/mol. The van der Waals surface area contributed by atoms with E-state index >= 15 is 0 Å². The largest absolute Gasteiger partial charge is 0.357 e. The van der Waals surface area contributed by atoms with E-state index in [4.69, 9.17) is 23.2 Å². The van der Waals surface area contributed by atoms with Gasteiger partial charge in [0.1, 0.15) is 0 Å². The van der Waals surface area contributed by atoms with Crippen LogP contribution in [0.1, 0.15) is 0 Å². The minimum atomic E-state index is -0.334. The zero-order chi connectivity index (χ0) is 16.8. The summed E-state index contributed by atoms with van der Waals surface area (Å²) in [5, 5.41) is 8.15. The van der Waals surface area contributed by atoms with Gasteiger partial charge in [-0.2, -0.15) is 5.10 Å². The van der Waals surface area contributed by atoms with E-state index in [1.54, 1.807) is 67.5 Å². The number of rotatable bonds is 3. The van der Waals surface area contributed by atoms with Gasteiger partial charge in [-0.15, -0.1) is 0 Å². The van der Waals surface area contributed by atoms with Crippen LogP contribution in [-0.2, 0) is 4.79 Å². The van der Waals surface area contributed by atoms with Crippen molar-refractivity contribution in [3.05, 3.63) is 58.6 Å². The fraction of sp³-hybridized carbons (Fsp3) is 0.125. The molecule has 7 heteroatoms. The number of anilines is 2. The summed E-state index contributed by atoms with van der Waals surface area (Å²) in [6.45, 7) is 0. The lowest BCUT2D eigenvalue weighted by atomic mass is 10.3. The second-order valence-corrected chi connectivity index (χ2v) is 5.78. The van der Waals surface area contributed by atoms with Crippen LogP contribution in [0.15, 0.2) is 53.6 Å². The molecule has 0 fully saturated rings. The van der Waals surface area contributed by atoms with Crippen LogP contribution in [0.5, 0.6) is 0 Å². The molecule has 0 saturated carbocycles. The van der Waals surface area contributed by atoms with E-state index in [0.29, 0.717) is 15.7 Å². The summed E-state index contributed by atoms with van der Waals surface area (Å²) in [6.07, 6.45) is 0. The number of hydrogen-bond donors (Lipinski definition) is 2. The van der Waals surface area contributed by atoms with Gasteiger partial charge in [-0.05, 0) is 48.5 Å². The van der Waals surface area contributed by atoms with Crippen molar-refractivity contribution in [3.8, 4) is 0 Å². The SMILES string of the molecule is CN(C)/C(=N\Nc1ccc(Cl)cc1)C(=O)Nc1ccc(Cl)cc1. The molecule has 0 aliphatic carbocycles. The fourth-order valence-corrected chi connectivity index (χ4v) is 1.97. The zero-order valence-corrected chi connectivity index (χ0v) is 14.2. The minimum Gasteiger partial charge on any atom is -0.357 e. The molecule has 0 spiro atoms. The molecule has 120 valence electrons. The van der Waals surface area contributed by atoms with Gasteiger partial charge < -0.3 is 10.2 Å². The maximum absolute atomic E-state index is 12.3. The first-order chi connectivity index (χ1) is 11.0. The number of benzene rings is 2. The van der Waals surface area contributed by atoms with Crippen molar-refractivity contribution in [2.45, 2.75) is 0 Å². The normalized spacial score (nSPS) is 11.0. The van der Waals surface area contributed by atoms with Crippen LogP contribution >= 0.6 is 23.2 Å². The van der Waals surface area contributed by atoms with Crippen molar-refractivity contribution in [1.82, 2.24) is 4.90 Å². The molecule has 1 amide bonds. The molecular formula is C16H16Cl2N4O. The fourth-order valence-electron chi connectivity index (χ4n) is 1.72. The van der Waals surface area contributed by atoms with Crippen molar-refractivity contribution in [2.75, 3.05) is 24.8 Å². The molecule has 0 unspecified atom stereocenters. The van der Waals surface area contributed by atoms with Gasteiger partial charge >= 0.3 is 0 Å². The molecule has 2 N–H and O–H groups in total. The van der Waals surface area contributed by atoms with Crippen LogP contribution in [-0.4, -0.2) is 30.7 Å². The topological polar surface area (TPSA) is 56.7 Å². The highest BCUT2D eigenvalue weighted by atomic mass is 35.5. The monoisotopic (exact) mass is 350 g/mol. The van der Waals surface area contributed by atoms with Gasteiger partial charge in [-0.25, -0.2) is 0 Å². The van der Waals surface area contributed by atoms with E-state index in [0.717, 1.165) is 5.69 Å². The Morgan fingerprint density at radius 1 is 0.913 bits per heavy atom. The van der Waals surface area contributed by atoms with Gasteiger partial charge in [-0.1, -0.05) is 23.2 Å². The summed E-state index contributed by atoms with van der Waals surface area (Å²) < 4.78 is 0. The molecule has 0 atom stereocenters. The van der Waals surface area contributed by atoms with E-state index in [2.05, 4.69) is 15.8 Å². The highest BCUT2D eigenvalue weighted by Crippen LogP contribution is 2.15. The number of nitrogens with zero attached hydrogens (tertiary/aromatic N) is 2. The van der Waals surface area contributed by atoms with Crippen molar-refractivity contribution in [3.63, 3.8) is 0 Å². The van der Waals surface area contributed by atoms with Gasteiger partial charge in [0.25, 0.3) is 5.91 Å². The van der Waals surface area contributed by atoms with Crippen molar-refractivity contribution < 1.29 is 4.79 Å². The van der Waals surface area contributed by atoms with E-state index in [1.165, 1.54) is 0 Å². The Hall–Kier alpha value is -2.24. The molecule has 0 bridgehead atoms. The average molecular weight is 351 g/mol. The Kier molecular flexibility index (Phi) is 5.84. The maximum Gasteiger partial charge on any atom is 0.293 e. The molecule has 0 aliphatic heterocycles. The number of hydrazone groups is 1. The first-order valence-corrected chi connectivity index (χ1v) is 7.55. The Labute approximate surface area is 144 Å². The van der Waals surface area contributed by atoms with Crippen LogP contribution in [0.25, 0.3) is 0 Å². The third-order valence-electron chi connectivity index (χ3n) is 2.86.